The van der Waals surface area contributed by atoms with Crippen LogP contribution < -0.4 is 10.6 Å². The van der Waals surface area contributed by atoms with Crippen molar-refractivity contribution in [2.24, 2.45) is 0 Å². The molecule has 2 N–H and O–H groups in total. The van der Waals surface area contributed by atoms with Crippen molar-refractivity contribution in [3.8, 4) is 0 Å². The number of carbonyl (C=O) groups excluding carboxylic acids is 2. The van der Waals surface area contributed by atoms with Gasteiger partial charge in [0.05, 0.1) is 11.4 Å². The third kappa shape index (κ3) is 5.08. The molecule has 2 amide bonds. The Balaban J connectivity index is 1.84. The fourth-order valence-corrected chi connectivity index (χ4v) is 3.35. The van der Waals surface area contributed by atoms with E-state index >= 15 is 0 Å². The summed E-state index contributed by atoms with van der Waals surface area (Å²) in [6.07, 6.45) is 0.385. The number of hydrogen-bond donors (Lipinski definition) is 2. The summed E-state index contributed by atoms with van der Waals surface area (Å²) in [7, 11) is 0. The minimum absolute atomic E-state index is 0.112. The summed E-state index contributed by atoms with van der Waals surface area (Å²) in [5.41, 5.74) is 0.723. The van der Waals surface area contributed by atoms with Crippen molar-refractivity contribution >= 4 is 61.7 Å². The number of hydrogen-bond acceptors (Lipinski definition) is 6. The van der Waals surface area contributed by atoms with Crippen LogP contribution in [0.3, 0.4) is 0 Å². The van der Waals surface area contributed by atoms with Crippen LogP contribution in [0.4, 0.5) is 10.8 Å². The number of amides is 2. The lowest BCUT2D eigenvalue weighted by atomic mass is 10.3. The SMILES string of the molecule is CCC(=O)Nc1nnc(SCC(=O)Nc2ccccc2Br)s1. The van der Waals surface area contributed by atoms with Crippen molar-refractivity contribution < 1.29 is 9.59 Å². The highest BCUT2D eigenvalue weighted by molar-refractivity contribution is 9.10. The van der Waals surface area contributed by atoms with Crippen molar-refractivity contribution in [2.45, 2.75) is 17.7 Å². The van der Waals surface area contributed by atoms with E-state index in [1.807, 2.05) is 24.3 Å². The van der Waals surface area contributed by atoms with Gasteiger partial charge in [-0.2, -0.15) is 0 Å². The Morgan fingerprint density at radius 2 is 2.00 bits per heavy atom. The number of carbonyl (C=O) groups is 2. The molecule has 0 atom stereocenters. The molecule has 2 aromatic rings. The maximum absolute atomic E-state index is 11.9. The number of nitrogens with zero attached hydrogens (tertiary/aromatic N) is 2. The number of halogens is 1. The summed E-state index contributed by atoms with van der Waals surface area (Å²) >= 11 is 5.89. The lowest BCUT2D eigenvalue weighted by Crippen LogP contribution is -2.14. The molecule has 1 aromatic heterocycles. The van der Waals surface area contributed by atoms with Crippen LogP contribution in [-0.4, -0.2) is 27.8 Å². The molecule has 2 rings (SSSR count). The molecule has 6 nitrogen and oxygen atoms in total. The Bertz CT molecular complexity index is 678. The van der Waals surface area contributed by atoms with E-state index in [1.165, 1.54) is 23.1 Å². The van der Waals surface area contributed by atoms with E-state index in [0.29, 0.717) is 15.9 Å². The van der Waals surface area contributed by atoms with Crippen molar-refractivity contribution in [1.82, 2.24) is 10.2 Å². The second-order valence-electron chi connectivity index (χ2n) is 4.09. The van der Waals surface area contributed by atoms with Crippen LogP contribution in [0.15, 0.2) is 33.1 Å². The molecule has 1 heterocycles. The monoisotopic (exact) mass is 400 g/mol. The van der Waals surface area contributed by atoms with Gasteiger partial charge in [-0.1, -0.05) is 42.2 Å². The Kier molecular flexibility index (Phi) is 6.34. The quantitative estimate of drug-likeness (QED) is 0.573. The summed E-state index contributed by atoms with van der Waals surface area (Å²) in [5.74, 6) is -0.0249. The zero-order valence-corrected chi connectivity index (χ0v) is 14.8. The first kappa shape index (κ1) is 16.9. The van der Waals surface area contributed by atoms with E-state index in [4.69, 9.17) is 0 Å². The van der Waals surface area contributed by atoms with Gasteiger partial charge in [-0.15, -0.1) is 10.2 Å². The van der Waals surface area contributed by atoms with Crippen LogP contribution in [0.25, 0.3) is 0 Å². The smallest absolute Gasteiger partial charge is 0.234 e. The van der Waals surface area contributed by atoms with Gasteiger partial charge in [-0.05, 0) is 28.1 Å². The van der Waals surface area contributed by atoms with E-state index in [-0.39, 0.29) is 17.6 Å². The van der Waals surface area contributed by atoms with E-state index in [9.17, 15) is 9.59 Å². The minimum Gasteiger partial charge on any atom is -0.324 e. The Morgan fingerprint density at radius 3 is 2.73 bits per heavy atom. The molecule has 0 spiro atoms. The molecule has 0 bridgehead atoms. The molecule has 22 heavy (non-hydrogen) atoms. The Morgan fingerprint density at radius 1 is 1.23 bits per heavy atom. The zero-order chi connectivity index (χ0) is 15.9. The molecule has 0 radical (unpaired) electrons. The van der Waals surface area contributed by atoms with E-state index in [2.05, 4.69) is 36.8 Å². The topological polar surface area (TPSA) is 84.0 Å². The normalized spacial score (nSPS) is 10.3. The Labute approximate surface area is 144 Å². The Hall–Kier alpha value is -1.45. The molecule has 0 aliphatic rings. The van der Waals surface area contributed by atoms with Crippen molar-refractivity contribution in [1.29, 1.82) is 0 Å². The molecule has 0 aliphatic carbocycles. The number of para-hydroxylation sites is 1. The molecule has 0 fully saturated rings. The maximum atomic E-state index is 11.9. The average molecular weight is 401 g/mol. The van der Waals surface area contributed by atoms with Gasteiger partial charge >= 0.3 is 0 Å². The van der Waals surface area contributed by atoms with Gasteiger partial charge in [0.1, 0.15) is 0 Å². The van der Waals surface area contributed by atoms with Gasteiger partial charge in [0, 0.05) is 10.9 Å². The van der Waals surface area contributed by atoms with Gasteiger partial charge in [-0.3, -0.25) is 9.59 Å². The van der Waals surface area contributed by atoms with Crippen LogP contribution in [0.5, 0.6) is 0 Å². The first-order chi connectivity index (χ1) is 10.6. The first-order valence-corrected chi connectivity index (χ1v) is 8.98. The van der Waals surface area contributed by atoms with Crippen LogP contribution in [0.1, 0.15) is 13.3 Å². The average Bonchev–Trinajstić information content (AvgIpc) is 2.95. The summed E-state index contributed by atoms with van der Waals surface area (Å²) in [5, 5.41) is 13.7. The molecule has 1 aromatic carbocycles. The highest BCUT2D eigenvalue weighted by Crippen LogP contribution is 2.26. The van der Waals surface area contributed by atoms with Gasteiger partial charge in [0.2, 0.25) is 16.9 Å². The largest absolute Gasteiger partial charge is 0.324 e. The number of rotatable bonds is 6. The van der Waals surface area contributed by atoms with Gasteiger partial charge < -0.3 is 10.6 Å². The van der Waals surface area contributed by atoms with Crippen LogP contribution in [-0.2, 0) is 9.59 Å². The lowest BCUT2D eigenvalue weighted by molar-refractivity contribution is -0.116. The van der Waals surface area contributed by atoms with Crippen molar-refractivity contribution in [3.05, 3.63) is 28.7 Å². The lowest BCUT2D eigenvalue weighted by Gasteiger charge is -2.05. The number of benzene rings is 1. The van der Waals surface area contributed by atoms with Crippen LogP contribution in [0.2, 0.25) is 0 Å². The highest BCUT2D eigenvalue weighted by Gasteiger charge is 2.10. The molecule has 9 heteroatoms. The highest BCUT2D eigenvalue weighted by atomic mass is 79.9. The summed E-state index contributed by atoms with van der Waals surface area (Å²) in [6.45, 7) is 1.76. The number of nitrogens with one attached hydrogen (secondary N) is 2. The molecular weight excluding hydrogens is 388 g/mol. The molecule has 0 unspecified atom stereocenters. The predicted molar refractivity (Wildman–Crippen MR) is 92.3 cm³/mol. The third-order valence-corrected chi connectivity index (χ3v) is 5.11. The van der Waals surface area contributed by atoms with E-state index in [0.717, 1.165) is 10.2 Å². The van der Waals surface area contributed by atoms with Gasteiger partial charge in [-0.25, -0.2) is 0 Å². The van der Waals surface area contributed by atoms with Gasteiger partial charge in [0.25, 0.3) is 0 Å². The summed E-state index contributed by atoms with van der Waals surface area (Å²) < 4.78 is 1.46. The first-order valence-electron chi connectivity index (χ1n) is 6.39. The molecule has 0 saturated carbocycles. The number of aromatic nitrogens is 2. The number of anilines is 2. The van der Waals surface area contributed by atoms with Crippen molar-refractivity contribution in [2.75, 3.05) is 16.4 Å². The summed E-state index contributed by atoms with van der Waals surface area (Å²) in [6, 6.07) is 7.40. The molecule has 116 valence electrons. The van der Waals surface area contributed by atoms with E-state index in [1.54, 1.807) is 6.92 Å². The minimum atomic E-state index is -0.133. The van der Waals surface area contributed by atoms with Crippen molar-refractivity contribution in [3.63, 3.8) is 0 Å². The maximum Gasteiger partial charge on any atom is 0.234 e. The molecule has 0 aliphatic heterocycles. The van der Waals surface area contributed by atoms with Crippen LogP contribution >= 0.6 is 39.0 Å². The predicted octanol–water partition coefficient (Wildman–Crippen LogP) is 3.38. The second kappa shape index (κ2) is 8.25. The molecule has 0 saturated heterocycles. The fraction of sp³-hybridized carbons (Fsp3) is 0.231. The second-order valence-corrected chi connectivity index (χ2v) is 7.15. The zero-order valence-electron chi connectivity index (χ0n) is 11.6. The molecular formula is C13H13BrN4O2S2. The third-order valence-electron chi connectivity index (χ3n) is 2.45. The van der Waals surface area contributed by atoms with Crippen LogP contribution in [0, 0.1) is 0 Å². The number of thioether (sulfide) groups is 1. The summed E-state index contributed by atoms with van der Waals surface area (Å²) in [4.78, 5) is 23.1. The fourth-order valence-electron chi connectivity index (χ4n) is 1.40. The standard InChI is InChI=1S/C13H13BrN4O2S2/c1-2-10(19)16-12-17-18-13(22-12)21-7-11(20)15-9-6-4-3-5-8(9)14/h3-6H,2,7H2,1H3,(H,15,20)(H,16,17,19). The van der Waals surface area contributed by atoms with Gasteiger partial charge in [0.15, 0.2) is 4.34 Å². The van der Waals surface area contributed by atoms with E-state index < -0.39 is 0 Å².